The molecule has 0 spiro atoms. The van der Waals surface area contributed by atoms with Crippen LogP contribution in [0.5, 0.6) is 0 Å². The summed E-state index contributed by atoms with van der Waals surface area (Å²) in [6.45, 7) is 6.59. The lowest BCUT2D eigenvalue weighted by molar-refractivity contribution is -0.135. The fraction of sp³-hybridized carbons (Fsp3) is 0.929. The van der Waals surface area contributed by atoms with E-state index < -0.39 is 0 Å². The summed E-state index contributed by atoms with van der Waals surface area (Å²) in [5, 5.41) is 5.97. The van der Waals surface area contributed by atoms with Crippen molar-refractivity contribution in [1.29, 1.82) is 0 Å². The summed E-state index contributed by atoms with van der Waals surface area (Å²) in [4.78, 5) is 11.6. The molecule has 0 bridgehead atoms. The third-order valence-corrected chi connectivity index (χ3v) is 3.66. The first-order chi connectivity index (χ1) is 9.68. The fourth-order valence-corrected chi connectivity index (χ4v) is 2.26. The van der Waals surface area contributed by atoms with Crippen molar-refractivity contribution in [2.24, 2.45) is 0 Å². The summed E-state index contributed by atoms with van der Waals surface area (Å²) >= 11 is 0. The minimum Gasteiger partial charge on any atom is -0.379 e. The van der Waals surface area contributed by atoms with Gasteiger partial charge in [0.15, 0.2) is 0 Å². The molecule has 2 aliphatic heterocycles. The molecule has 2 aliphatic rings. The van der Waals surface area contributed by atoms with Gasteiger partial charge in [0.25, 0.3) is 0 Å². The van der Waals surface area contributed by atoms with Crippen LogP contribution in [0.15, 0.2) is 0 Å². The van der Waals surface area contributed by atoms with E-state index in [9.17, 15) is 4.79 Å². The van der Waals surface area contributed by atoms with Gasteiger partial charge in [0.1, 0.15) is 6.61 Å². The lowest BCUT2D eigenvalue weighted by Gasteiger charge is -2.38. The number of amides is 1. The summed E-state index contributed by atoms with van der Waals surface area (Å²) in [5.74, 6) is -0.0581. The number of ether oxygens (including phenoxy) is 3. The van der Waals surface area contributed by atoms with Crippen LogP contribution in [-0.2, 0) is 19.0 Å². The molecule has 0 aliphatic carbocycles. The summed E-state index contributed by atoms with van der Waals surface area (Å²) in [6, 6.07) is 0. The van der Waals surface area contributed by atoms with Gasteiger partial charge < -0.3 is 24.8 Å². The minimum atomic E-state index is -0.165. The van der Waals surface area contributed by atoms with E-state index in [1.54, 1.807) is 0 Å². The highest BCUT2D eigenvalue weighted by molar-refractivity contribution is 5.77. The first kappa shape index (κ1) is 15.7. The van der Waals surface area contributed by atoms with Gasteiger partial charge in [-0.15, -0.1) is 0 Å². The zero-order valence-corrected chi connectivity index (χ0v) is 12.3. The van der Waals surface area contributed by atoms with E-state index in [0.29, 0.717) is 19.8 Å². The van der Waals surface area contributed by atoms with Crippen molar-refractivity contribution < 1.29 is 19.0 Å². The molecule has 0 aromatic carbocycles. The normalized spacial score (nSPS) is 24.4. The highest BCUT2D eigenvalue weighted by Crippen LogP contribution is 2.14. The smallest absolute Gasteiger partial charge is 0.246 e. The minimum absolute atomic E-state index is 0.0581. The average molecular weight is 286 g/mol. The largest absolute Gasteiger partial charge is 0.379 e. The predicted octanol–water partition coefficient (Wildman–Crippen LogP) is 0.0668. The van der Waals surface area contributed by atoms with Crippen LogP contribution in [0.2, 0.25) is 0 Å². The molecule has 20 heavy (non-hydrogen) atoms. The quantitative estimate of drug-likeness (QED) is 0.587. The van der Waals surface area contributed by atoms with E-state index in [-0.39, 0.29) is 24.2 Å². The van der Waals surface area contributed by atoms with Crippen LogP contribution in [0.4, 0.5) is 0 Å². The van der Waals surface area contributed by atoms with Crippen LogP contribution < -0.4 is 10.6 Å². The highest BCUT2D eigenvalue weighted by atomic mass is 16.5. The van der Waals surface area contributed by atoms with Crippen LogP contribution in [0.25, 0.3) is 0 Å². The van der Waals surface area contributed by atoms with Crippen molar-refractivity contribution in [3.05, 3.63) is 0 Å². The maximum atomic E-state index is 11.6. The standard InChI is InChI=1S/C14H26N2O4/c1-14(10-15-11-14)20-9-13(17)16-5-3-6-18-8-12-4-2-7-19-12/h12,15H,2-11H2,1H3,(H,16,17). The third kappa shape index (κ3) is 5.36. The van der Waals surface area contributed by atoms with Gasteiger partial charge in [-0.25, -0.2) is 0 Å². The molecule has 1 amide bonds. The van der Waals surface area contributed by atoms with E-state index in [4.69, 9.17) is 14.2 Å². The second-order valence-electron chi connectivity index (χ2n) is 5.76. The highest BCUT2D eigenvalue weighted by Gasteiger charge is 2.32. The van der Waals surface area contributed by atoms with E-state index in [2.05, 4.69) is 10.6 Å². The Kier molecular flexibility index (Phi) is 6.22. The topological polar surface area (TPSA) is 68.8 Å². The molecular weight excluding hydrogens is 260 g/mol. The second kappa shape index (κ2) is 7.93. The zero-order chi connectivity index (χ0) is 14.3. The number of carbonyl (C=O) groups is 1. The Balaban J connectivity index is 1.39. The monoisotopic (exact) mass is 286 g/mol. The van der Waals surface area contributed by atoms with Crippen LogP contribution in [0.1, 0.15) is 26.2 Å². The van der Waals surface area contributed by atoms with Gasteiger partial charge in [0.05, 0.1) is 18.3 Å². The molecule has 2 rings (SSSR count). The summed E-state index contributed by atoms with van der Waals surface area (Å²) in [6.07, 6.45) is 3.33. The van der Waals surface area contributed by atoms with Gasteiger partial charge in [-0.1, -0.05) is 0 Å². The van der Waals surface area contributed by atoms with Crippen LogP contribution in [0, 0.1) is 0 Å². The molecule has 0 radical (unpaired) electrons. The molecule has 0 aromatic rings. The van der Waals surface area contributed by atoms with E-state index in [1.807, 2.05) is 6.92 Å². The zero-order valence-electron chi connectivity index (χ0n) is 12.3. The molecule has 2 heterocycles. The number of rotatable bonds is 9. The Morgan fingerprint density at radius 2 is 2.35 bits per heavy atom. The van der Waals surface area contributed by atoms with Crippen LogP contribution in [0.3, 0.4) is 0 Å². The lowest BCUT2D eigenvalue weighted by Crippen LogP contribution is -2.59. The molecule has 1 atom stereocenters. The van der Waals surface area contributed by atoms with Crippen molar-refractivity contribution in [2.45, 2.75) is 37.9 Å². The maximum absolute atomic E-state index is 11.6. The predicted molar refractivity (Wildman–Crippen MR) is 74.6 cm³/mol. The fourth-order valence-electron chi connectivity index (χ4n) is 2.26. The van der Waals surface area contributed by atoms with Crippen LogP contribution in [-0.4, -0.2) is 63.7 Å². The van der Waals surface area contributed by atoms with Gasteiger partial charge in [0.2, 0.25) is 5.91 Å². The molecule has 2 fully saturated rings. The second-order valence-corrected chi connectivity index (χ2v) is 5.76. The maximum Gasteiger partial charge on any atom is 0.246 e. The van der Waals surface area contributed by atoms with E-state index >= 15 is 0 Å². The average Bonchev–Trinajstić information content (AvgIpc) is 2.91. The molecule has 1 unspecified atom stereocenters. The van der Waals surface area contributed by atoms with E-state index in [0.717, 1.165) is 39.0 Å². The van der Waals surface area contributed by atoms with Crippen molar-refractivity contribution in [1.82, 2.24) is 10.6 Å². The Labute approximate surface area is 120 Å². The first-order valence-corrected chi connectivity index (χ1v) is 7.49. The summed E-state index contributed by atoms with van der Waals surface area (Å²) in [7, 11) is 0. The Morgan fingerprint density at radius 1 is 1.50 bits per heavy atom. The van der Waals surface area contributed by atoms with Crippen molar-refractivity contribution >= 4 is 5.91 Å². The van der Waals surface area contributed by atoms with Gasteiger partial charge in [-0.3, -0.25) is 4.79 Å². The van der Waals surface area contributed by atoms with Crippen molar-refractivity contribution in [2.75, 3.05) is 46.1 Å². The number of hydrogen-bond donors (Lipinski definition) is 2. The molecule has 0 saturated carbocycles. The number of carbonyl (C=O) groups excluding carboxylic acids is 1. The molecule has 2 N–H and O–H groups in total. The summed E-state index contributed by atoms with van der Waals surface area (Å²) < 4.78 is 16.5. The van der Waals surface area contributed by atoms with Gasteiger partial charge >= 0.3 is 0 Å². The SMILES string of the molecule is CC1(OCC(=O)NCCCOCC2CCCO2)CNC1. The number of hydrogen-bond acceptors (Lipinski definition) is 5. The third-order valence-electron chi connectivity index (χ3n) is 3.66. The molecule has 2 saturated heterocycles. The molecule has 116 valence electrons. The molecule has 6 nitrogen and oxygen atoms in total. The van der Waals surface area contributed by atoms with Crippen LogP contribution >= 0.6 is 0 Å². The lowest BCUT2D eigenvalue weighted by atomic mass is 10.0. The molecule has 6 heteroatoms. The Bertz CT molecular complexity index is 302. The molecular formula is C14H26N2O4. The summed E-state index contributed by atoms with van der Waals surface area (Å²) in [5.41, 5.74) is -0.165. The van der Waals surface area contributed by atoms with Gasteiger partial charge in [-0.05, 0) is 26.2 Å². The Hall–Kier alpha value is -0.690. The van der Waals surface area contributed by atoms with Crippen molar-refractivity contribution in [3.63, 3.8) is 0 Å². The first-order valence-electron chi connectivity index (χ1n) is 7.49. The Morgan fingerprint density at radius 3 is 3.00 bits per heavy atom. The van der Waals surface area contributed by atoms with E-state index in [1.165, 1.54) is 0 Å². The van der Waals surface area contributed by atoms with Gasteiger partial charge in [-0.2, -0.15) is 0 Å². The number of nitrogens with one attached hydrogen (secondary N) is 2. The van der Waals surface area contributed by atoms with Gasteiger partial charge in [0, 0.05) is 32.8 Å². The van der Waals surface area contributed by atoms with Crippen molar-refractivity contribution in [3.8, 4) is 0 Å². The molecule has 0 aromatic heterocycles.